The van der Waals surface area contributed by atoms with Gasteiger partial charge < -0.3 is 20.5 Å². The zero-order valence-electron chi connectivity index (χ0n) is 17.8. The average molecular weight is 490 g/mol. The van der Waals surface area contributed by atoms with Crippen LogP contribution in [0.2, 0.25) is 10.0 Å². The normalized spacial score (nSPS) is 16.6. The highest BCUT2D eigenvalue weighted by Gasteiger charge is 2.25. The smallest absolute Gasteiger partial charge is 0.253 e. The number of likely N-dealkylation sites (tertiary alicyclic amines) is 1. The molecule has 1 aliphatic heterocycles. The van der Waals surface area contributed by atoms with Crippen LogP contribution in [0.3, 0.4) is 0 Å². The molecule has 0 aliphatic carbocycles. The van der Waals surface area contributed by atoms with Crippen LogP contribution in [-0.4, -0.2) is 40.1 Å². The van der Waals surface area contributed by atoms with Crippen molar-refractivity contribution in [1.29, 1.82) is 0 Å². The Morgan fingerprint density at radius 1 is 1.24 bits per heavy atom. The quantitative estimate of drug-likeness (QED) is 0.485. The molecule has 172 valence electrons. The summed E-state index contributed by atoms with van der Waals surface area (Å²) >= 11 is 12.3. The van der Waals surface area contributed by atoms with Crippen LogP contribution in [0.5, 0.6) is 5.75 Å². The predicted octanol–water partition coefficient (Wildman–Crippen LogP) is 5.12. The van der Waals surface area contributed by atoms with E-state index in [1.54, 1.807) is 48.4 Å². The molecular weight excluding hydrogens is 468 g/mol. The highest BCUT2D eigenvalue weighted by Crippen LogP contribution is 2.37. The molecule has 9 heteroatoms. The number of β-amino-alcohol motifs (C(OH)–C–C–N with tert-alkyl or cyclic N) is 1. The number of ether oxygens (including phenoxy) is 1. The first kappa shape index (κ1) is 23.3. The first-order valence-electron chi connectivity index (χ1n) is 10.4. The maximum Gasteiger partial charge on any atom is 0.253 e. The Morgan fingerprint density at radius 2 is 1.97 bits per heavy atom. The number of benzene rings is 2. The summed E-state index contributed by atoms with van der Waals surface area (Å²) in [4.78, 5) is 18.4. The molecule has 3 aromatic rings. The molecular formula is C24H22Cl2FN3O3. The van der Waals surface area contributed by atoms with Gasteiger partial charge in [0.2, 0.25) is 0 Å². The summed E-state index contributed by atoms with van der Waals surface area (Å²) < 4.78 is 19.8. The Bertz CT molecular complexity index is 1190. The van der Waals surface area contributed by atoms with Gasteiger partial charge in [-0.1, -0.05) is 35.3 Å². The summed E-state index contributed by atoms with van der Waals surface area (Å²) in [5.41, 5.74) is 8.38. The second-order valence-corrected chi connectivity index (χ2v) is 8.68. The summed E-state index contributed by atoms with van der Waals surface area (Å²) in [6.07, 6.45) is 1.04. The SMILES string of the molecule is CC(Oc1cc(-c2ccc(C(=O)N3CC[C@@H](O)C3)cc2)cnc1N)c1c(Cl)ccc(F)c1Cl. The van der Waals surface area contributed by atoms with E-state index in [0.29, 0.717) is 36.4 Å². The largest absolute Gasteiger partial charge is 0.482 e. The summed E-state index contributed by atoms with van der Waals surface area (Å²) in [7, 11) is 0. The number of aromatic nitrogens is 1. The number of nitrogens with zero attached hydrogens (tertiary/aromatic N) is 2. The molecule has 0 saturated carbocycles. The zero-order valence-corrected chi connectivity index (χ0v) is 19.3. The number of anilines is 1. The van der Waals surface area contributed by atoms with Gasteiger partial charge in [-0.25, -0.2) is 9.37 Å². The van der Waals surface area contributed by atoms with E-state index in [2.05, 4.69) is 4.98 Å². The van der Waals surface area contributed by atoms with Crippen molar-refractivity contribution in [2.24, 2.45) is 0 Å². The second-order valence-electron chi connectivity index (χ2n) is 7.90. The van der Waals surface area contributed by atoms with Crippen molar-refractivity contribution in [3.8, 4) is 16.9 Å². The van der Waals surface area contributed by atoms with Crippen LogP contribution in [-0.2, 0) is 0 Å². The molecule has 0 radical (unpaired) electrons. The van der Waals surface area contributed by atoms with Gasteiger partial charge in [-0.2, -0.15) is 0 Å². The van der Waals surface area contributed by atoms with Gasteiger partial charge in [0.25, 0.3) is 5.91 Å². The average Bonchev–Trinajstić information content (AvgIpc) is 3.24. The Hall–Kier alpha value is -2.87. The molecule has 2 aromatic carbocycles. The predicted molar refractivity (Wildman–Crippen MR) is 126 cm³/mol. The van der Waals surface area contributed by atoms with E-state index >= 15 is 0 Å². The van der Waals surface area contributed by atoms with Crippen molar-refractivity contribution in [1.82, 2.24) is 9.88 Å². The van der Waals surface area contributed by atoms with Crippen LogP contribution in [0.4, 0.5) is 10.2 Å². The number of aliphatic hydroxyl groups is 1. The maximum absolute atomic E-state index is 13.9. The number of rotatable bonds is 5. The van der Waals surface area contributed by atoms with Crippen LogP contribution >= 0.6 is 23.2 Å². The third-order valence-corrected chi connectivity index (χ3v) is 6.30. The summed E-state index contributed by atoms with van der Waals surface area (Å²) in [5.74, 6) is -0.254. The number of halogens is 3. The molecule has 4 rings (SSSR count). The number of amides is 1. The summed E-state index contributed by atoms with van der Waals surface area (Å²) in [6, 6.07) is 11.4. The van der Waals surface area contributed by atoms with Crippen molar-refractivity contribution < 1.29 is 19.0 Å². The van der Waals surface area contributed by atoms with Crippen molar-refractivity contribution in [3.05, 3.63) is 75.7 Å². The standard InChI is InChI=1S/C24H22Cl2FN3O3/c1-13(21-18(25)6-7-19(27)22(21)26)33-20-10-16(11-29-23(20)28)14-2-4-15(5-3-14)24(32)30-9-8-17(31)12-30/h2-7,10-11,13,17,31H,8-9,12H2,1H3,(H2,28,29)/t13?,17-/m1/s1. The van der Waals surface area contributed by atoms with Gasteiger partial charge in [0, 0.05) is 41.0 Å². The van der Waals surface area contributed by atoms with E-state index in [-0.39, 0.29) is 21.8 Å². The number of pyridine rings is 1. The topological polar surface area (TPSA) is 88.7 Å². The monoisotopic (exact) mass is 489 g/mol. The van der Waals surface area contributed by atoms with Crippen molar-refractivity contribution in [2.45, 2.75) is 25.6 Å². The van der Waals surface area contributed by atoms with Crippen LogP contribution in [0.15, 0.2) is 48.7 Å². The molecule has 3 N–H and O–H groups in total. The number of carbonyl (C=O) groups is 1. The van der Waals surface area contributed by atoms with Gasteiger partial charge in [0.05, 0.1) is 11.1 Å². The van der Waals surface area contributed by atoms with Crippen LogP contribution < -0.4 is 10.5 Å². The first-order valence-corrected chi connectivity index (χ1v) is 11.1. The third-order valence-electron chi connectivity index (χ3n) is 5.59. The van der Waals surface area contributed by atoms with Gasteiger partial charge in [-0.3, -0.25) is 4.79 Å². The van der Waals surface area contributed by atoms with Crippen LogP contribution in [0, 0.1) is 5.82 Å². The van der Waals surface area contributed by atoms with Gasteiger partial charge in [-0.05, 0) is 49.2 Å². The van der Waals surface area contributed by atoms with E-state index in [9.17, 15) is 14.3 Å². The molecule has 2 heterocycles. The molecule has 1 fully saturated rings. The highest BCUT2D eigenvalue weighted by atomic mass is 35.5. The number of hydrogen-bond acceptors (Lipinski definition) is 5. The Kier molecular flexibility index (Phi) is 6.74. The molecule has 33 heavy (non-hydrogen) atoms. The number of nitrogen functional groups attached to an aromatic ring is 1. The zero-order chi connectivity index (χ0) is 23.7. The van der Waals surface area contributed by atoms with E-state index in [1.807, 2.05) is 0 Å². The molecule has 0 spiro atoms. The third kappa shape index (κ3) is 4.90. The first-order chi connectivity index (χ1) is 15.7. The van der Waals surface area contributed by atoms with Gasteiger partial charge in [0.1, 0.15) is 11.9 Å². The van der Waals surface area contributed by atoms with E-state index in [1.165, 1.54) is 12.1 Å². The minimum atomic E-state index is -0.684. The number of carbonyl (C=O) groups excluding carboxylic acids is 1. The van der Waals surface area contributed by atoms with Crippen molar-refractivity contribution in [3.63, 3.8) is 0 Å². The van der Waals surface area contributed by atoms with Gasteiger partial charge in [0.15, 0.2) is 11.6 Å². The van der Waals surface area contributed by atoms with Crippen LogP contribution in [0.1, 0.15) is 35.4 Å². The lowest BCUT2D eigenvalue weighted by molar-refractivity contribution is 0.0765. The fourth-order valence-electron chi connectivity index (χ4n) is 3.79. The van der Waals surface area contributed by atoms with E-state index in [4.69, 9.17) is 33.7 Å². The lowest BCUT2D eigenvalue weighted by Crippen LogP contribution is -2.29. The molecule has 1 saturated heterocycles. The molecule has 1 aromatic heterocycles. The molecule has 1 unspecified atom stereocenters. The lowest BCUT2D eigenvalue weighted by Gasteiger charge is -2.19. The molecule has 6 nitrogen and oxygen atoms in total. The Morgan fingerprint density at radius 3 is 2.64 bits per heavy atom. The number of nitrogens with two attached hydrogens (primary N) is 1. The maximum atomic E-state index is 13.9. The Labute approximate surface area is 200 Å². The van der Waals surface area contributed by atoms with Gasteiger partial charge >= 0.3 is 0 Å². The molecule has 2 atom stereocenters. The Balaban J connectivity index is 1.55. The minimum absolute atomic E-state index is 0.108. The van der Waals surface area contributed by atoms with Crippen molar-refractivity contribution in [2.75, 3.05) is 18.8 Å². The fourth-order valence-corrected chi connectivity index (χ4v) is 4.46. The summed E-state index contributed by atoms with van der Waals surface area (Å²) in [5, 5.41) is 9.83. The highest BCUT2D eigenvalue weighted by molar-refractivity contribution is 6.36. The fraction of sp³-hybridized carbons (Fsp3) is 0.250. The summed E-state index contributed by atoms with van der Waals surface area (Å²) in [6.45, 7) is 2.58. The molecule has 1 amide bonds. The van der Waals surface area contributed by atoms with Gasteiger partial charge in [-0.15, -0.1) is 0 Å². The number of hydrogen-bond donors (Lipinski definition) is 2. The van der Waals surface area contributed by atoms with Crippen molar-refractivity contribution >= 4 is 34.9 Å². The molecule has 0 bridgehead atoms. The van der Waals surface area contributed by atoms with E-state index < -0.39 is 18.0 Å². The van der Waals surface area contributed by atoms with E-state index in [0.717, 1.165) is 11.1 Å². The minimum Gasteiger partial charge on any atom is -0.482 e. The lowest BCUT2D eigenvalue weighted by atomic mass is 10.0. The second kappa shape index (κ2) is 9.55. The molecule has 1 aliphatic rings. The van der Waals surface area contributed by atoms with Crippen LogP contribution in [0.25, 0.3) is 11.1 Å². The number of aliphatic hydroxyl groups excluding tert-OH is 1.